The largest absolute Gasteiger partial charge is 0.493 e. The van der Waals surface area contributed by atoms with Crippen LogP contribution in [0.15, 0.2) is 35.4 Å². The highest BCUT2D eigenvalue weighted by Gasteiger charge is 2.43. The van der Waals surface area contributed by atoms with Gasteiger partial charge in [0.25, 0.3) is 0 Å². The zero-order valence-corrected chi connectivity index (χ0v) is 21.9. The summed E-state index contributed by atoms with van der Waals surface area (Å²) >= 11 is 0. The molecule has 1 aliphatic rings. The molecule has 10 nitrogen and oxygen atoms in total. The Kier molecular flexibility index (Phi) is 9.52. The molecule has 198 valence electrons. The van der Waals surface area contributed by atoms with E-state index in [1.54, 1.807) is 52.0 Å². The van der Waals surface area contributed by atoms with Gasteiger partial charge in [-0.1, -0.05) is 12.2 Å². The van der Waals surface area contributed by atoms with Crippen LogP contribution < -0.4 is 14.2 Å². The van der Waals surface area contributed by atoms with E-state index in [2.05, 4.69) is 0 Å². The summed E-state index contributed by atoms with van der Waals surface area (Å²) in [4.78, 5) is 37.7. The molecule has 1 aromatic carbocycles. The van der Waals surface area contributed by atoms with E-state index in [1.807, 2.05) is 0 Å². The van der Waals surface area contributed by atoms with Crippen LogP contribution in [-0.2, 0) is 28.6 Å². The number of hydrogen-bond acceptors (Lipinski definition) is 10. The van der Waals surface area contributed by atoms with Crippen molar-refractivity contribution in [3.8, 4) is 17.2 Å². The average Bonchev–Trinajstić information content (AvgIpc) is 3.33. The highest BCUT2D eigenvalue weighted by atomic mass is 16.7. The van der Waals surface area contributed by atoms with Gasteiger partial charge in [0.15, 0.2) is 23.2 Å². The second kappa shape index (κ2) is 11.9. The highest BCUT2D eigenvalue weighted by molar-refractivity contribution is 5.89. The number of fused-ring (bicyclic) bond motifs is 1. The number of hydrogen-bond donors (Lipinski definition) is 1. The van der Waals surface area contributed by atoms with E-state index >= 15 is 0 Å². The molecule has 0 unspecified atom stereocenters. The maximum Gasteiger partial charge on any atom is 0.342 e. The number of benzene rings is 1. The van der Waals surface area contributed by atoms with Crippen LogP contribution in [0.25, 0.3) is 0 Å². The first kappa shape index (κ1) is 28.7. The Morgan fingerprint density at radius 2 is 1.58 bits per heavy atom. The molecule has 0 amide bonds. The van der Waals surface area contributed by atoms with Gasteiger partial charge in [-0.05, 0) is 60.6 Å². The van der Waals surface area contributed by atoms with E-state index in [0.717, 1.165) is 0 Å². The van der Waals surface area contributed by atoms with Gasteiger partial charge in [0.1, 0.15) is 12.2 Å². The Morgan fingerprint density at radius 3 is 2.14 bits per heavy atom. The lowest BCUT2D eigenvalue weighted by atomic mass is 9.99. The molecule has 1 aliphatic heterocycles. The molecule has 1 aromatic rings. The van der Waals surface area contributed by atoms with Crippen molar-refractivity contribution in [2.75, 3.05) is 13.9 Å². The smallest absolute Gasteiger partial charge is 0.342 e. The van der Waals surface area contributed by atoms with Crippen molar-refractivity contribution in [2.45, 2.75) is 72.4 Å². The molecule has 0 bridgehead atoms. The van der Waals surface area contributed by atoms with Gasteiger partial charge in [0.05, 0.1) is 7.11 Å². The Morgan fingerprint density at radius 1 is 1.00 bits per heavy atom. The van der Waals surface area contributed by atoms with Gasteiger partial charge < -0.3 is 33.5 Å². The van der Waals surface area contributed by atoms with Crippen molar-refractivity contribution >= 4 is 17.9 Å². The number of ether oxygens (including phenoxy) is 6. The highest BCUT2D eigenvalue weighted by Crippen LogP contribution is 2.44. The zero-order chi connectivity index (χ0) is 27.2. The van der Waals surface area contributed by atoms with Gasteiger partial charge in [0.2, 0.25) is 12.5 Å². The second-order valence-corrected chi connectivity index (χ2v) is 8.53. The van der Waals surface area contributed by atoms with Crippen LogP contribution in [0.2, 0.25) is 0 Å². The molecule has 0 spiro atoms. The second-order valence-electron chi connectivity index (χ2n) is 8.53. The van der Waals surface area contributed by atoms with E-state index in [-0.39, 0.29) is 6.79 Å². The zero-order valence-electron chi connectivity index (χ0n) is 21.9. The van der Waals surface area contributed by atoms with E-state index in [1.165, 1.54) is 27.9 Å². The topological polar surface area (TPSA) is 127 Å². The molecule has 10 heteroatoms. The minimum atomic E-state index is -2.18. The molecule has 0 aliphatic carbocycles. The number of aliphatic hydroxyl groups is 1. The Balaban J connectivity index is 2.34. The summed E-state index contributed by atoms with van der Waals surface area (Å²) in [6.07, 6.45) is -0.252. The SMILES string of the molecule is CC=C(C)C(=O)O[C@@H](C)[C@](C)(O)C(=O)O[C@@H](C)[C@@H](OC(=O)C(C)=CC)c1cc(OC)c2c(c1)OCO2. The molecule has 1 heterocycles. The van der Waals surface area contributed by atoms with Crippen molar-refractivity contribution in [2.24, 2.45) is 0 Å². The Labute approximate surface area is 210 Å². The van der Waals surface area contributed by atoms with Crippen LogP contribution in [0.5, 0.6) is 17.2 Å². The van der Waals surface area contributed by atoms with Gasteiger partial charge in [-0.2, -0.15) is 0 Å². The van der Waals surface area contributed by atoms with Gasteiger partial charge >= 0.3 is 17.9 Å². The summed E-state index contributed by atoms with van der Waals surface area (Å²) in [5.41, 5.74) is -1.10. The summed E-state index contributed by atoms with van der Waals surface area (Å²) in [7, 11) is 1.45. The molecule has 0 aromatic heterocycles. The molecule has 4 atom stereocenters. The molecule has 1 N–H and O–H groups in total. The van der Waals surface area contributed by atoms with Crippen LogP contribution in [-0.4, -0.2) is 54.7 Å². The summed E-state index contributed by atoms with van der Waals surface area (Å²) in [6, 6.07) is 3.18. The number of carbonyl (C=O) groups excluding carboxylic acids is 3. The van der Waals surface area contributed by atoms with Crippen LogP contribution >= 0.6 is 0 Å². The van der Waals surface area contributed by atoms with Gasteiger partial charge in [-0.3, -0.25) is 0 Å². The van der Waals surface area contributed by atoms with E-state index in [0.29, 0.717) is 34.0 Å². The molecule has 0 saturated carbocycles. The molecular weight excluding hydrogens is 472 g/mol. The Bertz CT molecular complexity index is 1050. The Hall–Kier alpha value is -3.53. The molecule has 0 radical (unpaired) electrons. The maximum atomic E-state index is 13.0. The van der Waals surface area contributed by atoms with E-state index in [9.17, 15) is 19.5 Å². The summed E-state index contributed by atoms with van der Waals surface area (Å²) < 4.78 is 32.7. The summed E-state index contributed by atoms with van der Waals surface area (Å²) in [6.45, 7) is 10.6. The van der Waals surface area contributed by atoms with Gasteiger partial charge in [-0.15, -0.1) is 0 Å². The van der Waals surface area contributed by atoms with Crippen molar-refractivity contribution in [3.63, 3.8) is 0 Å². The predicted molar refractivity (Wildman–Crippen MR) is 129 cm³/mol. The van der Waals surface area contributed by atoms with Crippen LogP contribution in [0.4, 0.5) is 0 Å². The average molecular weight is 507 g/mol. The first-order valence-corrected chi connectivity index (χ1v) is 11.5. The minimum absolute atomic E-state index is 0.00596. The summed E-state index contributed by atoms with van der Waals surface area (Å²) in [5, 5.41) is 10.8. The molecule has 2 rings (SSSR count). The van der Waals surface area contributed by atoms with Crippen molar-refractivity contribution < 1.29 is 47.9 Å². The normalized spacial score (nSPS) is 17.4. The fraction of sp³-hybridized carbons (Fsp3) is 0.500. The van der Waals surface area contributed by atoms with E-state index in [4.69, 9.17) is 28.4 Å². The number of methoxy groups -OCH3 is 1. The third-order valence-corrected chi connectivity index (χ3v) is 5.96. The fourth-order valence-electron chi connectivity index (χ4n) is 3.08. The standard InChI is InChI=1S/C26H34O10/c1-9-14(3)23(27)35-17(6)26(7,30)25(29)34-16(5)21(36-24(28)15(4)10-2)18-11-19(31-8)22-20(12-18)32-13-33-22/h9-12,16-17,21,30H,13H2,1-8H3/t16-,17-,21+,26-/m0/s1. The molecular formula is C26H34O10. The maximum absolute atomic E-state index is 13.0. The fourth-order valence-corrected chi connectivity index (χ4v) is 3.08. The van der Waals surface area contributed by atoms with Crippen molar-refractivity contribution in [3.05, 3.63) is 41.0 Å². The van der Waals surface area contributed by atoms with Crippen molar-refractivity contribution in [1.82, 2.24) is 0 Å². The first-order valence-electron chi connectivity index (χ1n) is 11.5. The number of carbonyl (C=O) groups is 3. The summed E-state index contributed by atoms with van der Waals surface area (Å²) in [5.74, 6) is -1.25. The predicted octanol–water partition coefficient (Wildman–Crippen LogP) is 3.56. The monoisotopic (exact) mass is 506 g/mol. The van der Waals surface area contributed by atoms with Crippen LogP contribution in [0.1, 0.15) is 60.1 Å². The third kappa shape index (κ3) is 6.37. The van der Waals surface area contributed by atoms with Crippen LogP contribution in [0.3, 0.4) is 0 Å². The minimum Gasteiger partial charge on any atom is -0.493 e. The number of esters is 3. The lowest BCUT2D eigenvalue weighted by Crippen LogP contribution is -2.49. The quantitative estimate of drug-likeness (QED) is 0.286. The van der Waals surface area contributed by atoms with Gasteiger partial charge in [-0.25, -0.2) is 14.4 Å². The van der Waals surface area contributed by atoms with E-state index < -0.39 is 41.8 Å². The first-order chi connectivity index (χ1) is 16.9. The molecule has 0 fully saturated rings. The van der Waals surface area contributed by atoms with Crippen molar-refractivity contribution in [1.29, 1.82) is 0 Å². The van der Waals surface area contributed by atoms with Gasteiger partial charge in [0, 0.05) is 16.7 Å². The number of allylic oxidation sites excluding steroid dienone is 2. The van der Waals surface area contributed by atoms with Crippen LogP contribution in [0, 0.1) is 0 Å². The lowest BCUT2D eigenvalue weighted by Gasteiger charge is -2.31. The third-order valence-electron chi connectivity index (χ3n) is 5.96. The number of rotatable bonds is 10. The lowest BCUT2D eigenvalue weighted by molar-refractivity contribution is -0.192. The molecule has 36 heavy (non-hydrogen) atoms. The molecule has 0 saturated heterocycles.